The molecule has 0 saturated carbocycles. The highest BCUT2D eigenvalue weighted by Crippen LogP contribution is 2.14. The van der Waals surface area contributed by atoms with Gasteiger partial charge in [-0.2, -0.15) is 0 Å². The van der Waals surface area contributed by atoms with Gasteiger partial charge in [-0.15, -0.1) is 0 Å². The van der Waals surface area contributed by atoms with Gasteiger partial charge < -0.3 is 4.74 Å². The van der Waals surface area contributed by atoms with Gasteiger partial charge in [0.15, 0.2) is 0 Å². The van der Waals surface area contributed by atoms with Crippen LogP contribution in [0.4, 0.5) is 4.39 Å². The van der Waals surface area contributed by atoms with Gasteiger partial charge in [-0.25, -0.2) is 10.3 Å². The van der Waals surface area contributed by atoms with Gasteiger partial charge in [-0.3, -0.25) is 4.84 Å². The SMILES string of the molecule is COCc1cccc(CON)c1F. The molecule has 3 nitrogen and oxygen atoms in total. The number of benzene rings is 1. The number of methoxy groups -OCH3 is 1. The Kier molecular flexibility index (Phi) is 3.82. The first-order chi connectivity index (χ1) is 6.29. The molecule has 0 fully saturated rings. The molecular formula is C9H12FNO2. The molecular weight excluding hydrogens is 173 g/mol. The first-order valence-corrected chi connectivity index (χ1v) is 3.86. The monoisotopic (exact) mass is 185 g/mol. The zero-order valence-electron chi connectivity index (χ0n) is 7.42. The molecule has 1 aromatic carbocycles. The van der Waals surface area contributed by atoms with Crippen LogP contribution >= 0.6 is 0 Å². The maximum absolute atomic E-state index is 13.4. The minimum absolute atomic E-state index is 0.0728. The zero-order chi connectivity index (χ0) is 9.68. The summed E-state index contributed by atoms with van der Waals surface area (Å²) < 4.78 is 18.3. The molecule has 0 amide bonds. The van der Waals surface area contributed by atoms with E-state index < -0.39 is 0 Å². The fraction of sp³-hybridized carbons (Fsp3) is 0.333. The van der Waals surface area contributed by atoms with Crippen molar-refractivity contribution in [1.82, 2.24) is 0 Å². The second-order valence-corrected chi connectivity index (χ2v) is 2.63. The van der Waals surface area contributed by atoms with Crippen molar-refractivity contribution in [3.63, 3.8) is 0 Å². The molecule has 0 radical (unpaired) electrons. The lowest BCUT2D eigenvalue weighted by molar-refractivity contribution is 0.120. The van der Waals surface area contributed by atoms with E-state index in [4.69, 9.17) is 10.6 Å². The van der Waals surface area contributed by atoms with Gasteiger partial charge in [0.2, 0.25) is 0 Å². The Morgan fingerprint density at radius 3 is 2.46 bits per heavy atom. The Morgan fingerprint density at radius 2 is 1.92 bits per heavy atom. The summed E-state index contributed by atoms with van der Waals surface area (Å²) in [6.45, 7) is 0.327. The number of halogens is 1. The van der Waals surface area contributed by atoms with E-state index in [0.29, 0.717) is 11.1 Å². The van der Waals surface area contributed by atoms with Crippen LogP contribution in [0, 0.1) is 5.82 Å². The van der Waals surface area contributed by atoms with Crippen LogP contribution in [0.15, 0.2) is 18.2 Å². The molecule has 0 aliphatic heterocycles. The molecule has 1 aromatic rings. The predicted octanol–water partition coefficient (Wildman–Crippen LogP) is 1.36. The van der Waals surface area contributed by atoms with Gasteiger partial charge in [0.05, 0.1) is 13.2 Å². The van der Waals surface area contributed by atoms with Crippen LogP contribution in [-0.2, 0) is 22.8 Å². The van der Waals surface area contributed by atoms with Crippen molar-refractivity contribution >= 4 is 0 Å². The molecule has 0 atom stereocenters. The minimum Gasteiger partial charge on any atom is -0.380 e. The normalized spacial score (nSPS) is 10.4. The fourth-order valence-corrected chi connectivity index (χ4v) is 1.10. The Labute approximate surface area is 76.2 Å². The van der Waals surface area contributed by atoms with Gasteiger partial charge in [-0.05, 0) is 0 Å². The molecule has 72 valence electrons. The summed E-state index contributed by atoms with van der Waals surface area (Å²) >= 11 is 0. The molecule has 0 heterocycles. The topological polar surface area (TPSA) is 44.5 Å². The number of nitrogens with two attached hydrogens (primary N) is 1. The van der Waals surface area contributed by atoms with Crippen molar-refractivity contribution < 1.29 is 14.0 Å². The van der Waals surface area contributed by atoms with Gasteiger partial charge in [0, 0.05) is 18.2 Å². The summed E-state index contributed by atoms with van der Waals surface area (Å²) in [5.74, 6) is 4.55. The van der Waals surface area contributed by atoms with E-state index in [1.807, 2.05) is 0 Å². The molecule has 0 aliphatic carbocycles. The van der Waals surface area contributed by atoms with Crippen molar-refractivity contribution in [3.05, 3.63) is 35.1 Å². The lowest BCUT2D eigenvalue weighted by Gasteiger charge is -2.05. The number of ether oxygens (including phenoxy) is 1. The van der Waals surface area contributed by atoms with Crippen LogP contribution in [0.1, 0.15) is 11.1 Å². The van der Waals surface area contributed by atoms with Crippen LogP contribution in [0.2, 0.25) is 0 Å². The van der Waals surface area contributed by atoms with Crippen molar-refractivity contribution in [2.24, 2.45) is 5.90 Å². The lowest BCUT2D eigenvalue weighted by Crippen LogP contribution is -2.03. The maximum Gasteiger partial charge on any atom is 0.134 e. The van der Waals surface area contributed by atoms with Crippen molar-refractivity contribution in [2.75, 3.05) is 7.11 Å². The third kappa shape index (κ3) is 2.48. The summed E-state index contributed by atoms with van der Waals surface area (Å²) in [7, 11) is 1.52. The summed E-state index contributed by atoms with van der Waals surface area (Å²) in [5, 5.41) is 0. The van der Waals surface area contributed by atoms with E-state index in [2.05, 4.69) is 4.84 Å². The van der Waals surface area contributed by atoms with Gasteiger partial charge in [0.25, 0.3) is 0 Å². The molecule has 0 saturated heterocycles. The molecule has 1 rings (SSSR count). The maximum atomic E-state index is 13.4. The largest absolute Gasteiger partial charge is 0.380 e. The molecule has 4 heteroatoms. The number of rotatable bonds is 4. The Morgan fingerprint density at radius 1 is 1.31 bits per heavy atom. The molecule has 0 spiro atoms. The summed E-state index contributed by atoms with van der Waals surface area (Å²) in [6, 6.07) is 5.03. The first kappa shape index (κ1) is 10.1. The third-order valence-electron chi connectivity index (χ3n) is 1.70. The fourth-order valence-electron chi connectivity index (χ4n) is 1.10. The molecule has 0 bridgehead atoms. The Hall–Kier alpha value is -0.970. The van der Waals surface area contributed by atoms with E-state index in [0.717, 1.165) is 0 Å². The van der Waals surface area contributed by atoms with Gasteiger partial charge in [-0.1, -0.05) is 18.2 Å². The van der Waals surface area contributed by atoms with Gasteiger partial charge >= 0.3 is 0 Å². The van der Waals surface area contributed by atoms with E-state index in [9.17, 15) is 4.39 Å². The average molecular weight is 185 g/mol. The number of hydrogen-bond donors (Lipinski definition) is 1. The third-order valence-corrected chi connectivity index (χ3v) is 1.70. The summed E-state index contributed by atoms with van der Waals surface area (Å²) in [5.41, 5.74) is 0.953. The first-order valence-electron chi connectivity index (χ1n) is 3.86. The number of hydrogen-bond acceptors (Lipinski definition) is 3. The summed E-state index contributed by atoms with van der Waals surface area (Å²) in [4.78, 5) is 4.36. The summed E-state index contributed by atoms with van der Waals surface area (Å²) in [6.07, 6.45) is 0. The average Bonchev–Trinajstić information content (AvgIpc) is 2.13. The second kappa shape index (κ2) is 4.91. The quantitative estimate of drug-likeness (QED) is 0.720. The smallest absolute Gasteiger partial charge is 0.134 e. The van der Waals surface area contributed by atoms with E-state index in [-0.39, 0.29) is 19.0 Å². The highest BCUT2D eigenvalue weighted by Gasteiger charge is 2.06. The van der Waals surface area contributed by atoms with Crippen LogP contribution in [0.3, 0.4) is 0 Å². The van der Waals surface area contributed by atoms with Crippen molar-refractivity contribution in [1.29, 1.82) is 0 Å². The van der Waals surface area contributed by atoms with E-state index in [1.54, 1.807) is 18.2 Å². The second-order valence-electron chi connectivity index (χ2n) is 2.63. The molecule has 2 N–H and O–H groups in total. The van der Waals surface area contributed by atoms with Crippen molar-refractivity contribution in [2.45, 2.75) is 13.2 Å². The molecule has 0 unspecified atom stereocenters. The Balaban J connectivity index is 2.89. The lowest BCUT2D eigenvalue weighted by atomic mass is 10.1. The van der Waals surface area contributed by atoms with E-state index >= 15 is 0 Å². The van der Waals surface area contributed by atoms with Crippen LogP contribution < -0.4 is 5.90 Å². The minimum atomic E-state index is -0.310. The molecule has 0 aromatic heterocycles. The standard InChI is InChI=1S/C9H12FNO2/c1-12-5-7-3-2-4-8(6-13-11)9(7)10/h2-4H,5-6,11H2,1H3. The molecule has 13 heavy (non-hydrogen) atoms. The van der Waals surface area contributed by atoms with E-state index in [1.165, 1.54) is 7.11 Å². The van der Waals surface area contributed by atoms with Crippen LogP contribution in [-0.4, -0.2) is 7.11 Å². The highest BCUT2D eigenvalue weighted by molar-refractivity contribution is 5.25. The molecule has 0 aliphatic rings. The zero-order valence-corrected chi connectivity index (χ0v) is 7.42. The predicted molar refractivity (Wildman–Crippen MR) is 46.1 cm³/mol. The van der Waals surface area contributed by atoms with Crippen molar-refractivity contribution in [3.8, 4) is 0 Å². The van der Waals surface area contributed by atoms with Crippen LogP contribution in [0.25, 0.3) is 0 Å². The highest BCUT2D eigenvalue weighted by atomic mass is 19.1. The van der Waals surface area contributed by atoms with Gasteiger partial charge in [0.1, 0.15) is 5.82 Å². The van der Waals surface area contributed by atoms with Crippen LogP contribution in [0.5, 0.6) is 0 Å². The Bertz CT molecular complexity index is 254.